The molecule has 1 aliphatic heterocycles. The molecule has 2 aromatic rings. The molecule has 0 aromatic carbocycles. The molecular weight excluding hydrogens is 244 g/mol. The summed E-state index contributed by atoms with van der Waals surface area (Å²) in [7, 11) is 0. The van der Waals surface area contributed by atoms with Gasteiger partial charge < -0.3 is 4.52 Å². The van der Waals surface area contributed by atoms with Crippen molar-refractivity contribution in [3.8, 4) is 0 Å². The largest absolute Gasteiger partial charge is 0.360 e. The van der Waals surface area contributed by atoms with Gasteiger partial charge in [-0.1, -0.05) is 5.16 Å². The maximum absolute atomic E-state index is 5.28. The van der Waals surface area contributed by atoms with Crippen LogP contribution in [0.4, 0.5) is 0 Å². The van der Waals surface area contributed by atoms with Crippen LogP contribution in [0.2, 0.25) is 0 Å². The van der Waals surface area contributed by atoms with Crippen molar-refractivity contribution in [2.24, 2.45) is 0 Å². The molecule has 3 nitrogen and oxygen atoms in total. The van der Waals surface area contributed by atoms with Gasteiger partial charge in [0.25, 0.3) is 0 Å². The summed E-state index contributed by atoms with van der Waals surface area (Å²) in [6.45, 7) is 5.17. The molecule has 0 aliphatic carbocycles. The Morgan fingerprint density at radius 3 is 2.89 bits per heavy atom. The Kier molecular flexibility index (Phi) is 3.48. The van der Waals surface area contributed by atoms with Gasteiger partial charge in [-0.25, -0.2) is 0 Å². The van der Waals surface area contributed by atoms with Crippen LogP contribution >= 0.6 is 11.3 Å². The van der Waals surface area contributed by atoms with Gasteiger partial charge in [0.05, 0.1) is 12.2 Å². The van der Waals surface area contributed by atoms with Crippen molar-refractivity contribution in [2.45, 2.75) is 32.2 Å². The summed E-state index contributed by atoms with van der Waals surface area (Å²) in [5, 5.41) is 8.41. The highest BCUT2D eigenvalue weighted by atomic mass is 32.1. The minimum atomic E-state index is 0.754. The Balaban J connectivity index is 1.54. The van der Waals surface area contributed by atoms with Crippen molar-refractivity contribution in [2.75, 3.05) is 13.1 Å². The van der Waals surface area contributed by atoms with Crippen molar-refractivity contribution in [3.05, 3.63) is 39.9 Å². The zero-order chi connectivity index (χ0) is 12.4. The Morgan fingerprint density at radius 2 is 2.28 bits per heavy atom. The molecule has 3 rings (SSSR count). The molecule has 1 fully saturated rings. The molecule has 1 aliphatic rings. The van der Waals surface area contributed by atoms with Crippen LogP contribution in [-0.4, -0.2) is 23.1 Å². The third-order valence-corrected chi connectivity index (χ3v) is 4.36. The minimum Gasteiger partial charge on any atom is -0.360 e. The third kappa shape index (κ3) is 2.65. The highest BCUT2D eigenvalue weighted by Gasteiger charge is 2.21. The van der Waals surface area contributed by atoms with Crippen molar-refractivity contribution in [1.29, 1.82) is 0 Å². The second-order valence-corrected chi connectivity index (χ2v) is 5.82. The lowest BCUT2D eigenvalue weighted by Gasteiger charge is -2.30. The number of aryl methyl sites for hydroxylation is 1. The van der Waals surface area contributed by atoms with Crippen molar-refractivity contribution in [3.63, 3.8) is 0 Å². The normalized spacial score (nSPS) is 18.3. The van der Waals surface area contributed by atoms with E-state index in [4.69, 9.17) is 4.52 Å². The molecule has 0 unspecified atom stereocenters. The molecule has 4 heteroatoms. The summed E-state index contributed by atoms with van der Waals surface area (Å²) in [6, 6.07) is 4.30. The number of thiophene rings is 1. The Labute approximate surface area is 111 Å². The maximum Gasteiger partial charge on any atom is 0.150 e. The van der Waals surface area contributed by atoms with Crippen LogP contribution in [0.25, 0.3) is 0 Å². The standard InChI is InChI=1S/C14H18N2OS/c1-11-8-14(17-15-11)9-16-5-2-12(3-6-16)13-4-7-18-10-13/h4,7-8,10,12H,2-3,5-6,9H2,1H3. The lowest BCUT2D eigenvalue weighted by molar-refractivity contribution is 0.184. The predicted octanol–water partition coefficient (Wildman–Crippen LogP) is 3.42. The predicted molar refractivity (Wildman–Crippen MR) is 72.8 cm³/mol. The number of rotatable bonds is 3. The average Bonchev–Trinajstić information content (AvgIpc) is 3.02. The number of piperidine rings is 1. The fourth-order valence-electron chi connectivity index (χ4n) is 2.64. The maximum atomic E-state index is 5.28. The number of hydrogen-bond acceptors (Lipinski definition) is 4. The molecular formula is C14H18N2OS. The lowest BCUT2D eigenvalue weighted by Crippen LogP contribution is -2.32. The topological polar surface area (TPSA) is 29.3 Å². The second kappa shape index (κ2) is 5.24. The monoisotopic (exact) mass is 262 g/mol. The van der Waals surface area contributed by atoms with E-state index >= 15 is 0 Å². The van der Waals surface area contributed by atoms with Gasteiger partial charge in [-0.2, -0.15) is 11.3 Å². The molecule has 0 spiro atoms. The zero-order valence-corrected chi connectivity index (χ0v) is 11.4. The molecule has 96 valence electrons. The highest BCUT2D eigenvalue weighted by Crippen LogP contribution is 2.29. The first-order valence-electron chi connectivity index (χ1n) is 6.48. The summed E-state index contributed by atoms with van der Waals surface area (Å²) < 4.78 is 5.28. The van der Waals surface area contributed by atoms with Crippen LogP contribution < -0.4 is 0 Å². The van der Waals surface area contributed by atoms with E-state index in [2.05, 4.69) is 26.9 Å². The molecule has 1 saturated heterocycles. The van der Waals surface area contributed by atoms with Crippen LogP contribution in [0, 0.1) is 6.92 Å². The number of likely N-dealkylation sites (tertiary alicyclic amines) is 1. The molecule has 18 heavy (non-hydrogen) atoms. The van der Waals surface area contributed by atoms with Gasteiger partial charge in [-0.15, -0.1) is 0 Å². The molecule has 0 radical (unpaired) electrons. The first-order valence-corrected chi connectivity index (χ1v) is 7.42. The molecule has 0 saturated carbocycles. The van der Waals surface area contributed by atoms with E-state index in [0.717, 1.165) is 37.0 Å². The molecule has 0 bridgehead atoms. The Bertz CT molecular complexity index is 484. The number of aromatic nitrogens is 1. The van der Waals surface area contributed by atoms with E-state index in [1.54, 1.807) is 11.3 Å². The van der Waals surface area contributed by atoms with E-state index in [1.807, 2.05) is 13.0 Å². The van der Waals surface area contributed by atoms with E-state index in [0.29, 0.717) is 0 Å². The first-order chi connectivity index (χ1) is 8.81. The quantitative estimate of drug-likeness (QED) is 0.848. The third-order valence-electron chi connectivity index (χ3n) is 3.66. The Hall–Kier alpha value is -1.13. The first kappa shape index (κ1) is 11.9. The summed E-state index contributed by atoms with van der Waals surface area (Å²) in [5.41, 5.74) is 2.49. The fraction of sp³-hybridized carbons (Fsp3) is 0.500. The van der Waals surface area contributed by atoms with E-state index < -0.39 is 0 Å². The molecule has 3 heterocycles. The van der Waals surface area contributed by atoms with Crippen LogP contribution in [0.1, 0.15) is 35.8 Å². The van der Waals surface area contributed by atoms with Gasteiger partial charge >= 0.3 is 0 Å². The molecule has 0 atom stereocenters. The van der Waals surface area contributed by atoms with Gasteiger partial charge in [0.1, 0.15) is 0 Å². The van der Waals surface area contributed by atoms with Gasteiger partial charge in [-0.05, 0) is 61.2 Å². The van der Waals surface area contributed by atoms with E-state index in [-0.39, 0.29) is 0 Å². The SMILES string of the molecule is Cc1cc(CN2CCC(c3ccsc3)CC2)on1. The fourth-order valence-corrected chi connectivity index (χ4v) is 3.39. The van der Waals surface area contributed by atoms with Gasteiger partial charge in [-0.3, -0.25) is 4.90 Å². The molecule has 0 amide bonds. The lowest BCUT2D eigenvalue weighted by atomic mass is 9.91. The summed E-state index contributed by atoms with van der Waals surface area (Å²) in [5.74, 6) is 1.74. The van der Waals surface area contributed by atoms with Crippen molar-refractivity contribution >= 4 is 11.3 Å². The second-order valence-electron chi connectivity index (χ2n) is 5.04. The van der Waals surface area contributed by atoms with Crippen LogP contribution in [0.15, 0.2) is 27.4 Å². The molecule has 0 N–H and O–H groups in total. The van der Waals surface area contributed by atoms with Crippen molar-refractivity contribution < 1.29 is 4.52 Å². The van der Waals surface area contributed by atoms with Crippen LogP contribution in [-0.2, 0) is 6.54 Å². The summed E-state index contributed by atoms with van der Waals surface area (Å²) >= 11 is 1.80. The van der Waals surface area contributed by atoms with E-state index in [1.165, 1.54) is 18.4 Å². The van der Waals surface area contributed by atoms with Crippen LogP contribution in [0.3, 0.4) is 0 Å². The van der Waals surface area contributed by atoms with Crippen molar-refractivity contribution in [1.82, 2.24) is 10.1 Å². The smallest absolute Gasteiger partial charge is 0.150 e. The zero-order valence-electron chi connectivity index (χ0n) is 10.6. The molecule has 2 aromatic heterocycles. The minimum absolute atomic E-state index is 0.754. The van der Waals surface area contributed by atoms with Gasteiger partial charge in [0, 0.05) is 6.07 Å². The number of nitrogens with zero attached hydrogens (tertiary/aromatic N) is 2. The highest BCUT2D eigenvalue weighted by molar-refractivity contribution is 7.07. The van der Waals surface area contributed by atoms with E-state index in [9.17, 15) is 0 Å². The summed E-state index contributed by atoms with van der Waals surface area (Å²) in [4.78, 5) is 2.46. The van der Waals surface area contributed by atoms with Gasteiger partial charge in [0.15, 0.2) is 5.76 Å². The Morgan fingerprint density at radius 1 is 1.44 bits per heavy atom. The van der Waals surface area contributed by atoms with Crippen LogP contribution in [0.5, 0.6) is 0 Å². The van der Waals surface area contributed by atoms with Gasteiger partial charge in [0.2, 0.25) is 0 Å². The average molecular weight is 262 g/mol. The summed E-state index contributed by atoms with van der Waals surface area (Å²) in [6.07, 6.45) is 2.51. The number of hydrogen-bond donors (Lipinski definition) is 0.